The minimum Gasteiger partial charge on any atom is -0.354 e. The van der Waals surface area contributed by atoms with E-state index in [1.54, 1.807) is 30.5 Å². The topological polar surface area (TPSA) is 67.5 Å². The number of carbonyl (C=O) groups excluding carboxylic acids is 1. The Hall–Kier alpha value is -2.00. The number of H-pyrrole nitrogens is 1. The lowest BCUT2D eigenvalue weighted by atomic mass is 10.0. The third kappa shape index (κ3) is 3.23. The van der Waals surface area contributed by atoms with Gasteiger partial charge in [0.15, 0.2) is 6.29 Å². The molecule has 1 aliphatic rings. The molecule has 6 nitrogen and oxygen atoms in total. The first kappa shape index (κ1) is 18.4. The van der Waals surface area contributed by atoms with Crippen molar-refractivity contribution in [3.63, 3.8) is 0 Å². The van der Waals surface area contributed by atoms with E-state index in [1.807, 2.05) is 41.8 Å². The van der Waals surface area contributed by atoms with Crippen molar-refractivity contribution in [3.05, 3.63) is 62.4 Å². The Morgan fingerprint density at radius 2 is 2.00 bits per heavy atom. The first-order valence-corrected chi connectivity index (χ1v) is 10.1. The summed E-state index contributed by atoms with van der Waals surface area (Å²) in [6, 6.07) is 11.7. The summed E-state index contributed by atoms with van der Waals surface area (Å²) in [5, 5.41) is 9.42. The summed E-state index contributed by atoms with van der Waals surface area (Å²) in [6.07, 6.45) is -0.496. The molecule has 2 aromatic heterocycles. The predicted octanol–water partition coefficient (Wildman–Crippen LogP) is 4.06. The first-order chi connectivity index (χ1) is 13.1. The van der Waals surface area contributed by atoms with E-state index < -0.39 is 6.29 Å². The number of benzene rings is 1. The molecule has 0 saturated carbocycles. The van der Waals surface area contributed by atoms with Gasteiger partial charge >= 0.3 is 0 Å². The number of aromatic nitrogens is 2. The quantitative estimate of drug-likeness (QED) is 0.578. The van der Waals surface area contributed by atoms with E-state index in [-0.39, 0.29) is 11.9 Å². The maximum absolute atomic E-state index is 13.1. The lowest BCUT2D eigenvalue weighted by Gasteiger charge is -2.28. The number of methoxy groups -OCH3 is 2. The number of nitrogens with one attached hydrogen (secondary N) is 1. The highest BCUT2D eigenvalue weighted by Crippen LogP contribution is 2.44. The van der Waals surface area contributed by atoms with Crippen LogP contribution in [0.3, 0.4) is 0 Å². The fourth-order valence-corrected chi connectivity index (χ4v) is 4.47. The molecule has 0 aliphatic carbocycles. The van der Waals surface area contributed by atoms with Crippen molar-refractivity contribution >= 4 is 33.2 Å². The normalized spacial score (nSPS) is 16.4. The Balaban J connectivity index is 1.81. The maximum Gasteiger partial charge on any atom is 0.273 e. The number of carbonyl (C=O) groups is 1. The van der Waals surface area contributed by atoms with Crippen LogP contribution in [-0.2, 0) is 9.47 Å². The number of hydrogen-bond donors (Lipinski definition) is 1. The summed E-state index contributed by atoms with van der Waals surface area (Å²) in [7, 11) is 3.14. The number of aromatic amines is 1. The van der Waals surface area contributed by atoms with E-state index in [4.69, 9.17) is 9.47 Å². The number of amides is 1. The monoisotopic (exact) mass is 447 g/mol. The highest BCUT2D eigenvalue weighted by Gasteiger charge is 2.43. The summed E-state index contributed by atoms with van der Waals surface area (Å²) in [5.41, 5.74) is 3.17. The molecule has 1 atom stereocenters. The van der Waals surface area contributed by atoms with Crippen molar-refractivity contribution in [2.75, 3.05) is 20.8 Å². The number of nitrogens with zero attached hydrogens (tertiary/aromatic N) is 2. The molecular formula is C19H18BrN3O3S. The van der Waals surface area contributed by atoms with Gasteiger partial charge in [0.1, 0.15) is 5.69 Å². The molecule has 1 N–H and O–H groups in total. The summed E-state index contributed by atoms with van der Waals surface area (Å²) >= 11 is 5.08. The molecule has 1 aliphatic heterocycles. The van der Waals surface area contributed by atoms with Gasteiger partial charge in [-0.2, -0.15) is 5.10 Å². The summed E-state index contributed by atoms with van der Waals surface area (Å²) < 4.78 is 11.7. The molecule has 27 heavy (non-hydrogen) atoms. The van der Waals surface area contributed by atoms with Gasteiger partial charge in [-0.1, -0.05) is 34.1 Å². The minimum atomic E-state index is -0.496. The lowest BCUT2D eigenvalue weighted by molar-refractivity contribution is -0.113. The van der Waals surface area contributed by atoms with E-state index in [0.29, 0.717) is 12.2 Å². The Bertz CT molecular complexity index is 936. The molecule has 0 spiro atoms. The molecule has 8 heteroatoms. The van der Waals surface area contributed by atoms with Crippen molar-refractivity contribution in [1.29, 1.82) is 0 Å². The van der Waals surface area contributed by atoms with Crippen LogP contribution in [0.1, 0.15) is 27.0 Å². The van der Waals surface area contributed by atoms with Crippen LogP contribution in [-0.4, -0.2) is 48.1 Å². The molecule has 1 aromatic carbocycles. The summed E-state index contributed by atoms with van der Waals surface area (Å²) in [4.78, 5) is 16.0. The molecular weight excluding hydrogens is 430 g/mol. The number of hydrogen-bond acceptors (Lipinski definition) is 5. The van der Waals surface area contributed by atoms with Gasteiger partial charge in [-0.15, -0.1) is 11.3 Å². The fraction of sp³-hybridized carbons (Fsp3) is 0.263. The molecule has 3 heterocycles. The van der Waals surface area contributed by atoms with Crippen molar-refractivity contribution in [3.8, 4) is 11.3 Å². The zero-order valence-corrected chi connectivity index (χ0v) is 17.2. The molecule has 3 aromatic rings. The zero-order chi connectivity index (χ0) is 19.0. The predicted molar refractivity (Wildman–Crippen MR) is 107 cm³/mol. The van der Waals surface area contributed by atoms with Crippen LogP contribution in [0.15, 0.2) is 46.3 Å². The van der Waals surface area contributed by atoms with Crippen LogP contribution in [0.25, 0.3) is 11.3 Å². The van der Waals surface area contributed by atoms with Gasteiger partial charge in [0.25, 0.3) is 5.91 Å². The number of fused-ring (bicyclic) bond motifs is 1. The van der Waals surface area contributed by atoms with Gasteiger partial charge in [0.05, 0.1) is 18.3 Å². The third-order valence-electron chi connectivity index (χ3n) is 4.67. The fourth-order valence-electron chi connectivity index (χ4n) is 3.36. The second-order valence-electron chi connectivity index (χ2n) is 6.14. The maximum atomic E-state index is 13.1. The van der Waals surface area contributed by atoms with Crippen LogP contribution in [0.4, 0.5) is 0 Å². The van der Waals surface area contributed by atoms with Crippen LogP contribution in [0, 0.1) is 0 Å². The van der Waals surface area contributed by atoms with Crippen molar-refractivity contribution in [2.24, 2.45) is 0 Å². The van der Waals surface area contributed by atoms with E-state index in [2.05, 4.69) is 26.1 Å². The van der Waals surface area contributed by atoms with Crippen LogP contribution >= 0.6 is 27.3 Å². The van der Waals surface area contributed by atoms with Crippen molar-refractivity contribution in [1.82, 2.24) is 15.1 Å². The first-order valence-electron chi connectivity index (χ1n) is 8.38. The van der Waals surface area contributed by atoms with E-state index in [1.165, 1.54) is 0 Å². The highest BCUT2D eigenvalue weighted by molar-refractivity contribution is 9.10. The van der Waals surface area contributed by atoms with Crippen LogP contribution < -0.4 is 0 Å². The molecule has 0 radical (unpaired) electrons. The molecule has 4 rings (SSSR count). The molecule has 140 valence electrons. The second-order valence-corrected chi connectivity index (χ2v) is 8.04. The Morgan fingerprint density at radius 1 is 1.26 bits per heavy atom. The van der Waals surface area contributed by atoms with E-state index >= 15 is 0 Å². The Labute approximate surface area is 169 Å². The Morgan fingerprint density at radius 3 is 2.63 bits per heavy atom. The highest BCUT2D eigenvalue weighted by atomic mass is 79.9. The standard InChI is InChI=1S/C19H18BrN3O3S/c1-25-14(26-2)10-23-18(13-4-3-9-27-13)15-16(21-22-17(15)19(23)24)11-5-7-12(20)8-6-11/h3-9,14,18H,10H2,1-2H3,(H,21,22). The number of rotatable bonds is 6. The number of halogens is 1. The van der Waals surface area contributed by atoms with Gasteiger partial charge in [0, 0.05) is 34.7 Å². The molecule has 0 bridgehead atoms. The van der Waals surface area contributed by atoms with Gasteiger partial charge in [0.2, 0.25) is 0 Å². The van der Waals surface area contributed by atoms with Gasteiger partial charge in [-0.05, 0) is 23.6 Å². The molecule has 0 fully saturated rings. The largest absolute Gasteiger partial charge is 0.354 e. The summed E-state index contributed by atoms with van der Waals surface area (Å²) in [5.74, 6) is -0.0987. The van der Waals surface area contributed by atoms with Gasteiger partial charge in [-0.25, -0.2) is 0 Å². The lowest BCUT2D eigenvalue weighted by Crippen LogP contribution is -2.37. The molecule has 0 saturated heterocycles. The minimum absolute atomic E-state index is 0.0987. The average Bonchev–Trinajstić information content (AvgIpc) is 3.39. The van der Waals surface area contributed by atoms with Crippen LogP contribution in [0.2, 0.25) is 0 Å². The van der Waals surface area contributed by atoms with Crippen LogP contribution in [0.5, 0.6) is 0 Å². The SMILES string of the molecule is COC(CN1C(=O)c2[nH]nc(-c3ccc(Br)cc3)c2C1c1cccs1)OC. The van der Waals surface area contributed by atoms with Gasteiger partial charge in [-0.3, -0.25) is 9.89 Å². The third-order valence-corrected chi connectivity index (χ3v) is 6.12. The number of ether oxygens (including phenoxy) is 2. The van der Waals surface area contributed by atoms with E-state index in [9.17, 15) is 4.79 Å². The Kier molecular flexibility index (Phi) is 5.14. The van der Waals surface area contributed by atoms with Gasteiger partial charge < -0.3 is 14.4 Å². The second kappa shape index (κ2) is 7.55. The zero-order valence-electron chi connectivity index (χ0n) is 14.8. The number of thiophene rings is 1. The van der Waals surface area contributed by atoms with Crippen molar-refractivity contribution in [2.45, 2.75) is 12.3 Å². The van der Waals surface area contributed by atoms with Crippen molar-refractivity contribution < 1.29 is 14.3 Å². The molecule has 1 unspecified atom stereocenters. The summed E-state index contributed by atoms with van der Waals surface area (Å²) in [6.45, 7) is 0.330. The molecule has 1 amide bonds. The average molecular weight is 448 g/mol. The van der Waals surface area contributed by atoms with E-state index in [0.717, 1.165) is 26.2 Å². The smallest absolute Gasteiger partial charge is 0.273 e.